The Morgan fingerprint density at radius 3 is 2.45 bits per heavy atom. The summed E-state index contributed by atoms with van der Waals surface area (Å²) in [5.74, 6) is 0.943. The zero-order valence-electron chi connectivity index (χ0n) is 17.5. The minimum Gasteiger partial charge on any atom is -0.497 e. The quantitative estimate of drug-likeness (QED) is 0.479. The van der Waals surface area contributed by atoms with Crippen LogP contribution in [-0.4, -0.2) is 22.6 Å². The molecule has 1 fully saturated rings. The molecule has 3 nitrogen and oxygen atoms in total. The predicted molar refractivity (Wildman–Crippen MR) is 119 cm³/mol. The molecule has 4 rings (SSSR count). The summed E-state index contributed by atoms with van der Waals surface area (Å²) >= 11 is 0. The minimum absolute atomic E-state index is 0.662. The number of rotatable bonds is 8. The van der Waals surface area contributed by atoms with Crippen molar-refractivity contribution in [3.05, 3.63) is 89.7 Å². The van der Waals surface area contributed by atoms with Gasteiger partial charge in [-0.05, 0) is 48.2 Å². The van der Waals surface area contributed by atoms with Crippen molar-refractivity contribution >= 4 is 0 Å². The van der Waals surface area contributed by atoms with E-state index >= 15 is 0 Å². The molecule has 29 heavy (non-hydrogen) atoms. The zero-order valence-corrected chi connectivity index (χ0v) is 17.5. The van der Waals surface area contributed by atoms with Gasteiger partial charge in [0.05, 0.1) is 7.11 Å². The number of aromatic nitrogens is 1. The fraction of sp³-hybridized carbons (Fsp3) is 0.385. The molecule has 1 aromatic heterocycles. The maximum absolute atomic E-state index is 5.45. The number of benzene rings is 2. The van der Waals surface area contributed by atoms with Gasteiger partial charge in [-0.2, -0.15) is 0 Å². The van der Waals surface area contributed by atoms with Crippen molar-refractivity contribution in [3.8, 4) is 5.75 Å². The van der Waals surface area contributed by atoms with E-state index in [4.69, 9.17) is 4.74 Å². The van der Waals surface area contributed by atoms with Crippen LogP contribution in [0.2, 0.25) is 0 Å². The van der Waals surface area contributed by atoms with Crippen LogP contribution in [0, 0.1) is 0 Å². The van der Waals surface area contributed by atoms with Crippen molar-refractivity contribution in [2.24, 2.45) is 0 Å². The van der Waals surface area contributed by atoms with E-state index in [1.165, 1.54) is 48.9 Å². The molecule has 1 aliphatic rings. The van der Waals surface area contributed by atoms with Crippen LogP contribution in [0.3, 0.4) is 0 Å². The second-order valence-corrected chi connectivity index (χ2v) is 8.16. The Balaban J connectivity index is 1.53. The van der Waals surface area contributed by atoms with Crippen LogP contribution in [0.25, 0.3) is 0 Å². The topological polar surface area (TPSA) is 17.4 Å². The second kappa shape index (κ2) is 9.80. The van der Waals surface area contributed by atoms with Crippen molar-refractivity contribution in [2.45, 2.75) is 57.8 Å². The Labute approximate surface area is 174 Å². The van der Waals surface area contributed by atoms with Gasteiger partial charge in [-0.3, -0.25) is 4.90 Å². The van der Waals surface area contributed by atoms with Crippen LogP contribution < -0.4 is 4.74 Å². The lowest BCUT2D eigenvalue weighted by Crippen LogP contribution is -2.36. The van der Waals surface area contributed by atoms with Crippen LogP contribution in [0.4, 0.5) is 0 Å². The van der Waals surface area contributed by atoms with Crippen molar-refractivity contribution in [1.29, 1.82) is 0 Å². The highest BCUT2D eigenvalue weighted by Crippen LogP contribution is 2.27. The lowest BCUT2D eigenvalue weighted by atomic mass is 9.93. The fourth-order valence-corrected chi connectivity index (χ4v) is 4.50. The van der Waals surface area contributed by atoms with Crippen molar-refractivity contribution in [3.63, 3.8) is 0 Å². The zero-order chi connectivity index (χ0) is 19.9. The molecular weight excluding hydrogens is 356 g/mol. The van der Waals surface area contributed by atoms with E-state index in [1.807, 2.05) is 6.07 Å². The van der Waals surface area contributed by atoms with Gasteiger partial charge >= 0.3 is 0 Å². The maximum Gasteiger partial charge on any atom is 0.119 e. The normalized spacial score (nSPS) is 15.0. The predicted octanol–water partition coefficient (Wildman–Crippen LogP) is 5.88. The Morgan fingerprint density at radius 1 is 0.862 bits per heavy atom. The molecule has 0 saturated heterocycles. The molecule has 0 atom stereocenters. The second-order valence-electron chi connectivity index (χ2n) is 8.16. The summed E-state index contributed by atoms with van der Waals surface area (Å²) in [6.45, 7) is 2.89. The smallest absolute Gasteiger partial charge is 0.119 e. The molecule has 0 amide bonds. The highest BCUT2D eigenvalue weighted by molar-refractivity contribution is 5.28. The van der Waals surface area contributed by atoms with Gasteiger partial charge in [-0.25, -0.2) is 0 Å². The van der Waals surface area contributed by atoms with Crippen molar-refractivity contribution in [2.75, 3.05) is 7.11 Å². The largest absolute Gasteiger partial charge is 0.497 e. The van der Waals surface area contributed by atoms with Crippen LogP contribution in [0.15, 0.2) is 72.9 Å². The van der Waals surface area contributed by atoms with Crippen molar-refractivity contribution in [1.82, 2.24) is 9.47 Å². The summed E-state index contributed by atoms with van der Waals surface area (Å²) in [6.07, 6.45) is 8.92. The molecule has 3 aromatic rings. The average Bonchev–Trinajstić information content (AvgIpc) is 3.21. The van der Waals surface area contributed by atoms with Crippen LogP contribution in [0.1, 0.15) is 48.9 Å². The summed E-state index contributed by atoms with van der Waals surface area (Å²) in [5.41, 5.74) is 4.07. The van der Waals surface area contributed by atoms with Gasteiger partial charge in [0.15, 0.2) is 0 Å². The molecule has 1 heterocycles. The van der Waals surface area contributed by atoms with Gasteiger partial charge in [0.2, 0.25) is 0 Å². The van der Waals surface area contributed by atoms with E-state index in [9.17, 15) is 0 Å². The van der Waals surface area contributed by atoms with E-state index in [2.05, 4.69) is 76.3 Å². The Kier molecular flexibility index (Phi) is 6.68. The summed E-state index contributed by atoms with van der Waals surface area (Å²) in [5, 5.41) is 0. The number of nitrogens with zero attached hydrogens (tertiary/aromatic N) is 2. The molecular formula is C26H32N2O. The number of hydrogen-bond donors (Lipinski definition) is 0. The molecule has 2 aromatic carbocycles. The fourth-order valence-electron chi connectivity index (χ4n) is 4.50. The van der Waals surface area contributed by atoms with E-state index in [1.54, 1.807) is 7.11 Å². The molecule has 3 heteroatoms. The third-order valence-corrected chi connectivity index (χ3v) is 6.10. The Hall–Kier alpha value is -2.52. The monoisotopic (exact) mass is 388 g/mol. The minimum atomic E-state index is 0.662. The average molecular weight is 389 g/mol. The summed E-state index contributed by atoms with van der Waals surface area (Å²) < 4.78 is 7.85. The first kappa shape index (κ1) is 19.8. The van der Waals surface area contributed by atoms with Gasteiger partial charge in [0.25, 0.3) is 0 Å². The van der Waals surface area contributed by atoms with Gasteiger partial charge < -0.3 is 9.30 Å². The third kappa shape index (κ3) is 5.30. The molecule has 0 aliphatic heterocycles. The molecule has 0 spiro atoms. The van der Waals surface area contributed by atoms with Crippen LogP contribution >= 0.6 is 0 Å². The first-order valence-corrected chi connectivity index (χ1v) is 10.9. The molecule has 152 valence electrons. The molecule has 0 N–H and O–H groups in total. The van der Waals surface area contributed by atoms with E-state index < -0.39 is 0 Å². The van der Waals surface area contributed by atoms with E-state index in [-0.39, 0.29) is 0 Å². The lowest BCUT2D eigenvalue weighted by molar-refractivity contribution is 0.136. The molecule has 0 bridgehead atoms. The first-order valence-electron chi connectivity index (χ1n) is 10.9. The van der Waals surface area contributed by atoms with Crippen LogP contribution in [0.5, 0.6) is 5.75 Å². The van der Waals surface area contributed by atoms with Gasteiger partial charge in [0, 0.05) is 37.6 Å². The van der Waals surface area contributed by atoms with E-state index in [0.717, 1.165) is 25.4 Å². The third-order valence-electron chi connectivity index (χ3n) is 6.10. The molecule has 0 unspecified atom stereocenters. The Morgan fingerprint density at radius 2 is 1.66 bits per heavy atom. The first-order chi connectivity index (χ1) is 14.3. The maximum atomic E-state index is 5.45. The SMILES string of the molecule is COc1cccc(CN(Cc2cccn2Cc2ccccc2)C2CCCCC2)c1. The van der Waals surface area contributed by atoms with Crippen molar-refractivity contribution < 1.29 is 4.74 Å². The van der Waals surface area contributed by atoms with Crippen LogP contribution in [-0.2, 0) is 19.6 Å². The molecule has 1 aliphatic carbocycles. The molecule has 1 saturated carbocycles. The number of hydrogen-bond acceptors (Lipinski definition) is 2. The number of methoxy groups -OCH3 is 1. The summed E-state index contributed by atoms with van der Waals surface area (Å²) in [6, 6.07) is 24.4. The highest BCUT2D eigenvalue weighted by atomic mass is 16.5. The van der Waals surface area contributed by atoms with Gasteiger partial charge in [-0.15, -0.1) is 0 Å². The van der Waals surface area contributed by atoms with Gasteiger partial charge in [-0.1, -0.05) is 61.7 Å². The molecule has 0 radical (unpaired) electrons. The summed E-state index contributed by atoms with van der Waals surface area (Å²) in [7, 11) is 1.74. The number of ether oxygens (including phenoxy) is 1. The lowest BCUT2D eigenvalue weighted by Gasteiger charge is -2.34. The highest BCUT2D eigenvalue weighted by Gasteiger charge is 2.22. The standard InChI is InChI=1S/C26H32N2O/c1-29-26-16-8-12-23(18-26)20-28(24-13-6-3-7-14-24)21-25-15-9-17-27(25)19-22-10-4-2-5-11-22/h2,4-5,8-12,15-18,24H,3,6-7,13-14,19-21H2,1H3. The summed E-state index contributed by atoms with van der Waals surface area (Å²) in [4.78, 5) is 2.69. The van der Waals surface area contributed by atoms with Gasteiger partial charge in [0.1, 0.15) is 5.75 Å². The van der Waals surface area contributed by atoms with E-state index in [0.29, 0.717) is 6.04 Å². The Bertz CT molecular complexity index is 880.